The van der Waals surface area contributed by atoms with Crippen molar-refractivity contribution < 1.29 is 14.6 Å². The number of phenols is 1. The van der Waals surface area contributed by atoms with Crippen molar-refractivity contribution in [2.24, 2.45) is 0 Å². The summed E-state index contributed by atoms with van der Waals surface area (Å²) in [7, 11) is 0. The second-order valence-electron chi connectivity index (χ2n) is 5.08. The Kier molecular flexibility index (Phi) is 5.54. The van der Waals surface area contributed by atoms with Gasteiger partial charge in [0.05, 0.1) is 5.69 Å². The lowest BCUT2D eigenvalue weighted by Gasteiger charge is -2.12. The van der Waals surface area contributed by atoms with Crippen molar-refractivity contribution in [2.75, 3.05) is 11.9 Å². The summed E-state index contributed by atoms with van der Waals surface area (Å²) < 4.78 is 5.51. The summed E-state index contributed by atoms with van der Waals surface area (Å²) in [6.07, 6.45) is 0. The molecule has 0 aliphatic rings. The summed E-state index contributed by atoms with van der Waals surface area (Å²) in [5.41, 5.74) is 2.44. The molecule has 0 aliphatic heterocycles. The molecule has 0 spiro atoms. The SMILES string of the molecule is Cc1ccc(C)c(OCC(=O)NC(=S)Nc2ccccc2O)c1. The molecule has 0 fully saturated rings. The molecular weight excluding hydrogens is 312 g/mol. The smallest absolute Gasteiger partial charge is 0.264 e. The highest BCUT2D eigenvalue weighted by molar-refractivity contribution is 7.80. The van der Waals surface area contributed by atoms with Crippen LogP contribution < -0.4 is 15.4 Å². The third-order valence-corrected chi connectivity index (χ3v) is 3.31. The van der Waals surface area contributed by atoms with Gasteiger partial charge in [-0.3, -0.25) is 10.1 Å². The van der Waals surface area contributed by atoms with E-state index in [9.17, 15) is 9.90 Å². The zero-order chi connectivity index (χ0) is 16.8. The number of hydrogen-bond acceptors (Lipinski definition) is 4. The molecule has 6 heteroatoms. The van der Waals surface area contributed by atoms with Gasteiger partial charge in [0.15, 0.2) is 11.7 Å². The Balaban J connectivity index is 1.86. The molecule has 0 radical (unpaired) electrons. The van der Waals surface area contributed by atoms with Gasteiger partial charge < -0.3 is 15.2 Å². The summed E-state index contributed by atoms with van der Waals surface area (Å²) in [6, 6.07) is 12.4. The van der Waals surface area contributed by atoms with Crippen molar-refractivity contribution in [2.45, 2.75) is 13.8 Å². The lowest BCUT2D eigenvalue weighted by molar-refractivity contribution is -0.121. The molecule has 2 aromatic rings. The van der Waals surface area contributed by atoms with Gasteiger partial charge in [0, 0.05) is 0 Å². The maximum absolute atomic E-state index is 11.9. The van der Waals surface area contributed by atoms with Crippen molar-refractivity contribution in [1.82, 2.24) is 5.32 Å². The summed E-state index contributed by atoms with van der Waals surface area (Å²) >= 11 is 5.04. The summed E-state index contributed by atoms with van der Waals surface area (Å²) in [6.45, 7) is 3.72. The third kappa shape index (κ3) is 4.96. The number of ether oxygens (including phenoxy) is 1. The summed E-state index contributed by atoms with van der Waals surface area (Å²) in [5, 5.41) is 15.0. The molecule has 0 unspecified atom stereocenters. The second-order valence-corrected chi connectivity index (χ2v) is 5.49. The van der Waals surface area contributed by atoms with E-state index in [1.54, 1.807) is 18.2 Å². The number of rotatable bonds is 4. The predicted octanol–water partition coefficient (Wildman–Crippen LogP) is 2.90. The van der Waals surface area contributed by atoms with Crippen molar-refractivity contribution in [1.29, 1.82) is 0 Å². The van der Waals surface area contributed by atoms with Gasteiger partial charge >= 0.3 is 0 Å². The van der Waals surface area contributed by atoms with Gasteiger partial charge in [-0.05, 0) is 55.4 Å². The molecule has 0 aromatic heterocycles. The first-order valence-corrected chi connectivity index (χ1v) is 7.45. The minimum Gasteiger partial charge on any atom is -0.506 e. The zero-order valence-electron chi connectivity index (χ0n) is 12.9. The molecule has 0 saturated heterocycles. The van der Waals surface area contributed by atoms with Crippen LogP contribution in [0, 0.1) is 13.8 Å². The number of benzene rings is 2. The number of nitrogens with one attached hydrogen (secondary N) is 2. The van der Waals surface area contributed by atoms with Crippen LogP contribution in [0.1, 0.15) is 11.1 Å². The summed E-state index contributed by atoms with van der Waals surface area (Å²) in [4.78, 5) is 11.9. The van der Waals surface area contributed by atoms with Gasteiger partial charge in [0.25, 0.3) is 5.91 Å². The average molecular weight is 330 g/mol. The highest BCUT2D eigenvalue weighted by atomic mass is 32.1. The normalized spacial score (nSPS) is 10.0. The molecule has 0 bridgehead atoms. The van der Waals surface area contributed by atoms with E-state index in [-0.39, 0.29) is 23.4 Å². The van der Waals surface area contributed by atoms with Gasteiger partial charge in [-0.2, -0.15) is 0 Å². The van der Waals surface area contributed by atoms with Crippen molar-refractivity contribution >= 4 is 28.9 Å². The number of thiocarbonyl (C=S) groups is 1. The average Bonchev–Trinajstić information content (AvgIpc) is 2.50. The van der Waals surface area contributed by atoms with Crippen LogP contribution in [0.3, 0.4) is 0 Å². The van der Waals surface area contributed by atoms with Crippen LogP contribution >= 0.6 is 12.2 Å². The van der Waals surface area contributed by atoms with E-state index in [2.05, 4.69) is 10.6 Å². The van der Waals surface area contributed by atoms with Crippen LogP contribution in [0.15, 0.2) is 42.5 Å². The third-order valence-electron chi connectivity index (χ3n) is 3.11. The van der Waals surface area contributed by atoms with E-state index in [0.717, 1.165) is 11.1 Å². The van der Waals surface area contributed by atoms with Crippen LogP contribution in [-0.2, 0) is 4.79 Å². The first-order valence-electron chi connectivity index (χ1n) is 7.04. The highest BCUT2D eigenvalue weighted by Gasteiger charge is 2.08. The number of phenolic OH excluding ortho intramolecular Hbond substituents is 1. The number of anilines is 1. The maximum atomic E-state index is 11.9. The molecule has 0 aliphatic carbocycles. The van der Waals surface area contributed by atoms with E-state index >= 15 is 0 Å². The largest absolute Gasteiger partial charge is 0.506 e. The molecule has 2 aromatic carbocycles. The monoisotopic (exact) mass is 330 g/mol. The van der Waals surface area contributed by atoms with Crippen molar-refractivity contribution in [3.05, 3.63) is 53.6 Å². The number of amides is 1. The molecule has 1 amide bonds. The van der Waals surface area contributed by atoms with Crippen LogP contribution in [0.25, 0.3) is 0 Å². The fourth-order valence-electron chi connectivity index (χ4n) is 1.90. The minimum atomic E-state index is -0.376. The van der Waals surface area contributed by atoms with Crippen molar-refractivity contribution in [3.63, 3.8) is 0 Å². The van der Waals surface area contributed by atoms with Crippen LogP contribution in [0.5, 0.6) is 11.5 Å². The zero-order valence-corrected chi connectivity index (χ0v) is 13.7. The Morgan fingerprint density at radius 1 is 1.22 bits per heavy atom. The van der Waals surface area contributed by atoms with Crippen LogP contribution in [0.4, 0.5) is 5.69 Å². The van der Waals surface area contributed by atoms with E-state index in [1.165, 1.54) is 6.07 Å². The molecule has 2 rings (SSSR count). The number of carbonyl (C=O) groups is 1. The Hall–Kier alpha value is -2.60. The molecular formula is C17H18N2O3S. The Labute approximate surface area is 140 Å². The molecule has 5 nitrogen and oxygen atoms in total. The fraction of sp³-hybridized carbons (Fsp3) is 0.176. The first-order chi connectivity index (χ1) is 11.0. The highest BCUT2D eigenvalue weighted by Crippen LogP contribution is 2.21. The van der Waals surface area contributed by atoms with Crippen LogP contribution in [0.2, 0.25) is 0 Å². The molecule has 120 valence electrons. The van der Waals surface area contributed by atoms with Gasteiger partial charge in [-0.25, -0.2) is 0 Å². The Morgan fingerprint density at radius 3 is 2.70 bits per heavy atom. The maximum Gasteiger partial charge on any atom is 0.264 e. The first kappa shape index (κ1) is 16.8. The number of aromatic hydroxyl groups is 1. The predicted molar refractivity (Wildman–Crippen MR) is 93.9 cm³/mol. The van der Waals surface area contributed by atoms with E-state index in [4.69, 9.17) is 17.0 Å². The second kappa shape index (κ2) is 7.60. The molecule has 23 heavy (non-hydrogen) atoms. The van der Waals surface area contributed by atoms with E-state index in [0.29, 0.717) is 11.4 Å². The number of aryl methyl sites for hydroxylation is 2. The van der Waals surface area contributed by atoms with E-state index < -0.39 is 0 Å². The van der Waals surface area contributed by atoms with Crippen molar-refractivity contribution in [3.8, 4) is 11.5 Å². The van der Waals surface area contributed by atoms with Gasteiger partial charge in [0.1, 0.15) is 11.5 Å². The summed E-state index contributed by atoms with van der Waals surface area (Å²) in [5.74, 6) is 0.342. The van der Waals surface area contributed by atoms with Gasteiger partial charge in [0.2, 0.25) is 0 Å². The lowest BCUT2D eigenvalue weighted by Crippen LogP contribution is -2.37. The quantitative estimate of drug-likeness (QED) is 0.594. The standard InChI is InChI=1S/C17H18N2O3S/c1-11-7-8-12(2)15(9-11)22-10-16(21)19-17(23)18-13-5-3-4-6-14(13)20/h3-9,20H,10H2,1-2H3,(H2,18,19,21,23). The Morgan fingerprint density at radius 2 is 1.96 bits per heavy atom. The van der Waals surface area contributed by atoms with E-state index in [1.807, 2.05) is 32.0 Å². The lowest BCUT2D eigenvalue weighted by atomic mass is 10.1. The molecule has 0 saturated carbocycles. The van der Waals surface area contributed by atoms with Gasteiger partial charge in [-0.15, -0.1) is 0 Å². The number of para-hydroxylation sites is 2. The Bertz CT molecular complexity index is 732. The topological polar surface area (TPSA) is 70.6 Å². The number of carbonyl (C=O) groups excluding carboxylic acids is 1. The number of hydrogen-bond donors (Lipinski definition) is 3. The fourth-order valence-corrected chi connectivity index (χ4v) is 2.13. The molecule has 0 atom stereocenters. The molecule has 3 N–H and O–H groups in total. The molecule has 0 heterocycles. The van der Waals surface area contributed by atoms with Crippen LogP contribution in [-0.4, -0.2) is 22.7 Å². The minimum absolute atomic E-state index is 0.0516. The van der Waals surface area contributed by atoms with Gasteiger partial charge in [-0.1, -0.05) is 24.3 Å².